The molecule has 0 atom stereocenters. The summed E-state index contributed by atoms with van der Waals surface area (Å²) in [6, 6.07) is 11.8. The average Bonchev–Trinajstić information content (AvgIpc) is 2.56. The van der Waals surface area contributed by atoms with Gasteiger partial charge in [0.1, 0.15) is 5.75 Å². The van der Waals surface area contributed by atoms with Gasteiger partial charge in [-0.1, -0.05) is 17.7 Å². The van der Waals surface area contributed by atoms with Crippen LogP contribution in [-0.4, -0.2) is 25.1 Å². The van der Waals surface area contributed by atoms with Gasteiger partial charge >= 0.3 is 5.97 Å². The number of anilines is 1. The monoisotopic (exact) mass is 347 g/mol. The smallest absolute Gasteiger partial charge is 0.338 e. The summed E-state index contributed by atoms with van der Waals surface area (Å²) in [5.41, 5.74) is 1.98. The average molecular weight is 348 g/mol. The minimum atomic E-state index is -0.396. The maximum Gasteiger partial charge on any atom is 0.338 e. The molecule has 0 aliphatic heterocycles. The van der Waals surface area contributed by atoms with Crippen LogP contribution in [0.3, 0.4) is 0 Å². The highest BCUT2D eigenvalue weighted by Crippen LogP contribution is 2.25. The molecule has 1 N–H and O–H groups in total. The molecule has 126 valence electrons. The van der Waals surface area contributed by atoms with Crippen LogP contribution < -0.4 is 10.1 Å². The molecule has 0 aliphatic carbocycles. The van der Waals surface area contributed by atoms with E-state index in [9.17, 15) is 9.59 Å². The first-order valence-corrected chi connectivity index (χ1v) is 7.83. The van der Waals surface area contributed by atoms with E-state index in [0.29, 0.717) is 28.6 Å². The number of halogens is 1. The van der Waals surface area contributed by atoms with Gasteiger partial charge < -0.3 is 14.8 Å². The number of aryl methyl sites for hydroxylation is 1. The Morgan fingerprint density at radius 2 is 1.83 bits per heavy atom. The summed E-state index contributed by atoms with van der Waals surface area (Å²) < 4.78 is 10.3. The highest BCUT2D eigenvalue weighted by atomic mass is 35.5. The van der Waals surface area contributed by atoms with Crippen molar-refractivity contribution in [3.8, 4) is 5.75 Å². The zero-order valence-electron chi connectivity index (χ0n) is 13.5. The Labute approximate surface area is 145 Å². The number of amides is 1. The van der Waals surface area contributed by atoms with E-state index in [2.05, 4.69) is 5.32 Å². The van der Waals surface area contributed by atoms with Gasteiger partial charge in [0.2, 0.25) is 0 Å². The van der Waals surface area contributed by atoms with Crippen LogP contribution in [-0.2, 0) is 9.53 Å². The minimum Gasteiger partial charge on any atom is -0.482 e. The van der Waals surface area contributed by atoms with Crippen molar-refractivity contribution in [3.63, 3.8) is 0 Å². The summed E-state index contributed by atoms with van der Waals surface area (Å²) >= 11 is 6.01. The van der Waals surface area contributed by atoms with Crippen molar-refractivity contribution in [1.29, 1.82) is 0 Å². The van der Waals surface area contributed by atoms with Gasteiger partial charge in [0.15, 0.2) is 6.61 Å². The second-order valence-electron chi connectivity index (χ2n) is 5.07. The standard InChI is InChI=1S/C18H18ClNO4/c1-3-23-18(22)13-5-7-14(8-6-13)20-17(21)11-24-16-10-12(2)4-9-15(16)19/h4-10H,3,11H2,1-2H3,(H,20,21). The molecule has 1 amide bonds. The number of hydrogen-bond acceptors (Lipinski definition) is 4. The van der Waals surface area contributed by atoms with E-state index in [1.54, 1.807) is 43.3 Å². The molecule has 5 nitrogen and oxygen atoms in total. The van der Waals surface area contributed by atoms with Crippen molar-refractivity contribution in [1.82, 2.24) is 0 Å². The predicted octanol–water partition coefficient (Wildman–Crippen LogP) is 3.84. The largest absolute Gasteiger partial charge is 0.482 e. The second-order valence-corrected chi connectivity index (χ2v) is 5.48. The normalized spacial score (nSPS) is 10.1. The summed E-state index contributed by atoms with van der Waals surface area (Å²) in [6.07, 6.45) is 0. The van der Waals surface area contributed by atoms with Crippen molar-refractivity contribution in [3.05, 3.63) is 58.6 Å². The lowest BCUT2D eigenvalue weighted by molar-refractivity contribution is -0.118. The van der Waals surface area contributed by atoms with Gasteiger partial charge in [0, 0.05) is 5.69 Å². The molecule has 0 heterocycles. The summed E-state index contributed by atoms with van der Waals surface area (Å²) in [4.78, 5) is 23.5. The van der Waals surface area contributed by atoms with Crippen molar-refractivity contribution in [2.45, 2.75) is 13.8 Å². The molecule has 0 aliphatic rings. The number of esters is 1. The van der Waals surface area contributed by atoms with Crippen LogP contribution in [0.5, 0.6) is 5.75 Å². The van der Waals surface area contributed by atoms with Crippen LogP contribution in [0.1, 0.15) is 22.8 Å². The van der Waals surface area contributed by atoms with E-state index in [4.69, 9.17) is 21.1 Å². The fraction of sp³-hybridized carbons (Fsp3) is 0.222. The van der Waals surface area contributed by atoms with E-state index >= 15 is 0 Å². The third-order valence-corrected chi connectivity index (χ3v) is 3.44. The first-order chi connectivity index (χ1) is 11.5. The minimum absolute atomic E-state index is 0.164. The maximum absolute atomic E-state index is 11.9. The summed E-state index contributed by atoms with van der Waals surface area (Å²) in [7, 11) is 0. The Bertz CT molecular complexity index is 728. The molecule has 0 saturated carbocycles. The molecule has 0 saturated heterocycles. The molecule has 0 radical (unpaired) electrons. The predicted molar refractivity (Wildman–Crippen MR) is 92.7 cm³/mol. The number of hydrogen-bond donors (Lipinski definition) is 1. The Morgan fingerprint density at radius 1 is 1.12 bits per heavy atom. The lowest BCUT2D eigenvalue weighted by Crippen LogP contribution is -2.20. The highest BCUT2D eigenvalue weighted by molar-refractivity contribution is 6.32. The SMILES string of the molecule is CCOC(=O)c1ccc(NC(=O)COc2cc(C)ccc2Cl)cc1. The molecule has 0 bridgehead atoms. The van der Waals surface area contributed by atoms with Crippen LogP contribution in [0.2, 0.25) is 5.02 Å². The van der Waals surface area contributed by atoms with Crippen LogP contribution in [0.15, 0.2) is 42.5 Å². The maximum atomic E-state index is 11.9. The quantitative estimate of drug-likeness (QED) is 0.806. The van der Waals surface area contributed by atoms with Gasteiger partial charge in [-0.3, -0.25) is 4.79 Å². The molecule has 0 unspecified atom stereocenters. The van der Waals surface area contributed by atoms with Crippen molar-refractivity contribution in [2.24, 2.45) is 0 Å². The zero-order chi connectivity index (χ0) is 17.5. The van der Waals surface area contributed by atoms with Crippen LogP contribution in [0.25, 0.3) is 0 Å². The molecule has 2 aromatic carbocycles. The number of nitrogens with one attached hydrogen (secondary N) is 1. The molecule has 0 spiro atoms. The fourth-order valence-corrected chi connectivity index (χ4v) is 2.14. The lowest BCUT2D eigenvalue weighted by Gasteiger charge is -2.10. The highest BCUT2D eigenvalue weighted by Gasteiger charge is 2.09. The molecule has 6 heteroatoms. The van der Waals surface area contributed by atoms with Crippen LogP contribution in [0, 0.1) is 6.92 Å². The van der Waals surface area contributed by atoms with Gasteiger partial charge in [-0.15, -0.1) is 0 Å². The van der Waals surface area contributed by atoms with Crippen LogP contribution in [0.4, 0.5) is 5.69 Å². The Hall–Kier alpha value is -2.53. The molecular formula is C18H18ClNO4. The molecule has 0 fully saturated rings. The number of rotatable bonds is 6. The zero-order valence-corrected chi connectivity index (χ0v) is 14.2. The topological polar surface area (TPSA) is 64.6 Å². The number of carbonyl (C=O) groups excluding carboxylic acids is 2. The van der Waals surface area contributed by atoms with Crippen molar-refractivity contribution in [2.75, 3.05) is 18.5 Å². The molecule has 2 rings (SSSR count). The lowest BCUT2D eigenvalue weighted by atomic mass is 10.2. The number of ether oxygens (including phenoxy) is 2. The van der Waals surface area contributed by atoms with Gasteiger partial charge in [-0.05, 0) is 55.8 Å². The first kappa shape index (κ1) is 17.8. The number of carbonyl (C=O) groups is 2. The Morgan fingerprint density at radius 3 is 2.50 bits per heavy atom. The summed E-state index contributed by atoms with van der Waals surface area (Å²) in [6.45, 7) is 3.81. The molecule has 0 aromatic heterocycles. The van der Waals surface area contributed by atoms with E-state index in [-0.39, 0.29) is 12.5 Å². The Balaban J connectivity index is 1.90. The molecule has 2 aromatic rings. The third kappa shape index (κ3) is 4.99. The molecule has 24 heavy (non-hydrogen) atoms. The van der Waals surface area contributed by atoms with Gasteiger partial charge in [-0.2, -0.15) is 0 Å². The first-order valence-electron chi connectivity index (χ1n) is 7.45. The number of benzene rings is 2. The molecular weight excluding hydrogens is 330 g/mol. The summed E-state index contributed by atoms with van der Waals surface area (Å²) in [5.74, 6) is -0.256. The summed E-state index contributed by atoms with van der Waals surface area (Å²) in [5, 5.41) is 3.14. The van der Waals surface area contributed by atoms with Crippen molar-refractivity contribution >= 4 is 29.2 Å². The van der Waals surface area contributed by atoms with Crippen LogP contribution >= 0.6 is 11.6 Å². The van der Waals surface area contributed by atoms with E-state index < -0.39 is 5.97 Å². The van der Waals surface area contributed by atoms with E-state index in [1.807, 2.05) is 13.0 Å². The van der Waals surface area contributed by atoms with Gasteiger partial charge in [0.25, 0.3) is 5.91 Å². The second kappa shape index (κ2) is 8.36. The fourth-order valence-electron chi connectivity index (χ4n) is 1.97. The Kier molecular flexibility index (Phi) is 6.21. The van der Waals surface area contributed by atoms with Crippen molar-refractivity contribution < 1.29 is 19.1 Å². The van der Waals surface area contributed by atoms with E-state index in [0.717, 1.165) is 5.56 Å². The van der Waals surface area contributed by atoms with E-state index in [1.165, 1.54) is 0 Å². The third-order valence-electron chi connectivity index (χ3n) is 3.13. The van der Waals surface area contributed by atoms with Gasteiger partial charge in [-0.25, -0.2) is 4.79 Å². The van der Waals surface area contributed by atoms with Gasteiger partial charge in [0.05, 0.1) is 17.2 Å².